The molecule has 3 aliphatic carbocycles. The van der Waals surface area contributed by atoms with Crippen molar-refractivity contribution in [2.24, 2.45) is 23.2 Å². The van der Waals surface area contributed by atoms with Gasteiger partial charge in [-0.15, -0.1) is 0 Å². The summed E-state index contributed by atoms with van der Waals surface area (Å²) in [6.45, 7) is 9.01. The van der Waals surface area contributed by atoms with Crippen LogP contribution < -0.4 is 0 Å². The van der Waals surface area contributed by atoms with E-state index >= 15 is 0 Å². The molecule has 2 heteroatoms. The lowest BCUT2D eigenvalue weighted by atomic mass is 9.54. The molecule has 130 valence electrons. The van der Waals surface area contributed by atoms with Crippen LogP contribution in [0, 0.1) is 34.5 Å². The van der Waals surface area contributed by atoms with Crippen LogP contribution >= 0.6 is 11.6 Å². The van der Waals surface area contributed by atoms with Gasteiger partial charge < -0.3 is 0 Å². The van der Waals surface area contributed by atoms with Crippen LogP contribution in [0.3, 0.4) is 0 Å². The van der Waals surface area contributed by atoms with Gasteiger partial charge in [0.15, 0.2) is 0 Å². The molecule has 0 aliphatic heterocycles. The average molecular weight is 344 g/mol. The first kappa shape index (κ1) is 17.8. The van der Waals surface area contributed by atoms with E-state index < -0.39 is 0 Å². The smallest absolute Gasteiger partial charge is 0.101 e. The van der Waals surface area contributed by atoms with E-state index in [2.05, 4.69) is 26.0 Å². The first-order valence-corrected chi connectivity index (χ1v) is 10.2. The highest BCUT2D eigenvalue weighted by Gasteiger charge is 2.53. The van der Waals surface area contributed by atoms with Crippen molar-refractivity contribution in [1.29, 1.82) is 5.26 Å². The average Bonchev–Trinajstić information content (AvgIpc) is 2.92. The van der Waals surface area contributed by atoms with Gasteiger partial charge in [0.2, 0.25) is 0 Å². The number of hydrogen-bond donors (Lipinski definition) is 0. The molecule has 1 aromatic rings. The topological polar surface area (TPSA) is 23.8 Å². The molecular formula is C22H30ClN. The minimum Gasteiger partial charge on any atom is -0.192 e. The molecule has 0 N–H and O–H groups in total. The third-order valence-corrected chi connectivity index (χ3v) is 7.87. The highest BCUT2D eigenvalue weighted by Crippen LogP contribution is 2.63. The van der Waals surface area contributed by atoms with E-state index in [9.17, 15) is 5.26 Å². The molecule has 0 bridgehead atoms. The van der Waals surface area contributed by atoms with E-state index in [1.165, 1.54) is 43.2 Å². The Morgan fingerprint density at radius 3 is 2.62 bits per heavy atom. The van der Waals surface area contributed by atoms with Crippen molar-refractivity contribution in [3.63, 3.8) is 0 Å². The van der Waals surface area contributed by atoms with Gasteiger partial charge in [0.25, 0.3) is 0 Å². The summed E-state index contributed by atoms with van der Waals surface area (Å²) in [7, 11) is 0. The van der Waals surface area contributed by atoms with Gasteiger partial charge in [0.1, 0.15) is 6.07 Å². The van der Waals surface area contributed by atoms with Crippen molar-refractivity contribution in [2.45, 2.75) is 72.1 Å². The molecule has 1 nitrogen and oxygen atoms in total. The number of nitrogens with zero attached hydrogens (tertiary/aromatic N) is 1. The first-order valence-electron chi connectivity index (χ1n) is 9.77. The molecule has 0 aromatic heterocycles. The Balaban J connectivity index is 0.000000815. The van der Waals surface area contributed by atoms with Crippen LogP contribution in [0.15, 0.2) is 12.1 Å². The van der Waals surface area contributed by atoms with Crippen LogP contribution in [0.2, 0.25) is 5.02 Å². The Bertz CT molecular complexity index is 659. The Labute approximate surface area is 152 Å². The SMILES string of the molecule is CC.C[C@H]1CCC2C3CCc4c(ccc(C#N)c4Cl)C3CC[C@@]21C. The van der Waals surface area contributed by atoms with Gasteiger partial charge in [-0.3, -0.25) is 0 Å². The highest BCUT2D eigenvalue weighted by molar-refractivity contribution is 6.32. The summed E-state index contributed by atoms with van der Waals surface area (Å²) in [5.41, 5.74) is 3.95. The number of fused-ring (bicyclic) bond motifs is 5. The van der Waals surface area contributed by atoms with Crippen molar-refractivity contribution in [3.8, 4) is 6.07 Å². The van der Waals surface area contributed by atoms with Gasteiger partial charge in [-0.1, -0.05) is 45.4 Å². The van der Waals surface area contributed by atoms with Crippen LogP contribution in [0.5, 0.6) is 0 Å². The quantitative estimate of drug-likeness (QED) is 0.512. The fraction of sp³-hybridized carbons (Fsp3) is 0.682. The second-order valence-electron chi connectivity index (χ2n) is 8.05. The number of benzene rings is 1. The molecule has 0 spiro atoms. The fourth-order valence-electron chi connectivity index (χ4n) is 5.97. The van der Waals surface area contributed by atoms with E-state index in [0.29, 0.717) is 16.9 Å². The number of halogens is 1. The van der Waals surface area contributed by atoms with Crippen molar-refractivity contribution < 1.29 is 0 Å². The lowest BCUT2D eigenvalue weighted by molar-refractivity contribution is 0.0337. The second-order valence-corrected chi connectivity index (χ2v) is 8.42. The van der Waals surface area contributed by atoms with Crippen LogP contribution in [0.4, 0.5) is 0 Å². The van der Waals surface area contributed by atoms with Gasteiger partial charge in [-0.2, -0.15) is 5.26 Å². The van der Waals surface area contributed by atoms with E-state index in [1.807, 2.05) is 19.9 Å². The lowest BCUT2D eigenvalue weighted by Crippen LogP contribution is -2.41. The predicted molar refractivity (Wildman–Crippen MR) is 101 cm³/mol. The van der Waals surface area contributed by atoms with Crippen molar-refractivity contribution in [3.05, 3.63) is 33.8 Å². The van der Waals surface area contributed by atoms with E-state index in [-0.39, 0.29) is 0 Å². The molecule has 0 amide bonds. The number of rotatable bonds is 0. The maximum absolute atomic E-state index is 9.20. The zero-order valence-corrected chi connectivity index (χ0v) is 16.3. The molecule has 2 fully saturated rings. The zero-order chi connectivity index (χ0) is 17.5. The lowest BCUT2D eigenvalue weighted by Gasteiger charge is -2.50. The monoisotopic (exact) mass is 343 g/mol. The highest BCUT2D eigenvalue weighted by atomic mass is 35.5. The Hall–Kier alpha value is -1.00. The zero-order valence-electron chi connectivity index (χ0n) is 15.5. The summed E-state index contributed by atoms with van der Waals surface area (Å²) >= 11 is 6.50. The Kier molecular flexibility index (Phi) is 4.99. The van der Waals surface area contributed by atoms with Gasteiger partial charge in [-0.05, 0) is 84.8 Å². The van der Waals surface area contributed by atoms with Crippen LogP contribution in [-0.2, 0) is 6.42 Å². The summed E-state index contributed by atoms with van der Waals surface area (Å²) in [6, 6.07) is 6.38. The summed E-state index contributed by atoms with van der Waals surface area (Å²) in [5.74, 6) is 3.28. The second kappa shape index (κ2) is 6.72. The van der Waals surface area contributed by atoms with E-state index in [0.717, 1.165) is 29.2 Å². The molecular weight excluding hydrogens is 314 g/mol. The minimum atomic E-state index is 0.565. The molecule has 3 unspecified atom stereocenters. The molecule has 5 atom stereocenters. The summed E-state index contributed by atoms with van der Waals surface area (Å²) < 4.78 is 0. The van der Waals surface area contributed by atoms with Crippen molar-refractivity contribution in [1.82, 2.24) is 0 Å². The maximum atomic E-state index is 9.20. The molecule has 0 saturated heterocycles. The molecule has 2 saturated carbocycles. The Morgan fingerprint density at radius 2 is 1.92 bits per heavy atom. The van der Waals surface area contributed by atoms with Crippen LogP contribution in [0.1, 0.15) is 82.4 Å². The molecule has 3 aliphatic rings. The summed E-state index contributed by atoms with van der Waals surface area (Å²) in [4.78, 5) is 0. The molecule has 0 heterocycles. The largest absolute Gasteiger partial charge is 0.192 e. The van der Waals surface area contributed by atoms with E-state index in [1.54, 1.807) is 0 Å². The van der Waals surface area contributed by atoms with E-state index in [4.69, 9.17) is 11.6 Å². The van der Waals surface area contributed by atoms with Crippen molar-refractivity contribution in [2.75, 3.05) is 0 Å². The van der Waals surface area contributed by atoms with Gasteiger partial charge in [-0.25, -0.2) is 0 Å². The minimum absolute atomic E-state index is 0.565. The molecule has 1 aromatic carbocycles. The third-order valence-electron chi connectivity index (χ3n) is 7.44. The van der Waals surface area contributed by atoms with Crippen molar-refractivity contribution >= 4 is 11.6 Å². The predicted octanol–water partition coefficient (Wildman–Crippen LogP) is 6.73. The number of hydrogen-bond acceptors (Lipinski definition) is 1. The number of nitriles is 1. The fourth-order valence-corrected chi connectivity index (χ4v) is 6.28. The summed E-state index contributed by atoms with van der Waals surface area (Å²) in [6.07, 6.45) is 7.81. The molecule has 4 rings (SSSR count). The maximum Gasteiger partial charge on any atom is 0.101 e. The molecule has 24 heavy (non-hydrogen) atoms. The van der Waals surface area contributed by atoms with Gasteiger partial charge in [0, 0.05) is 0 Å². The van der Waals surface area contributed by atoms with Crippen LogP contribution in [0.25, 0.3) is 0 Å². The first-order chi connectivity index (χ1) is 11.6. The summed E-state index contributed by atoms with van der Waals surface area (Å²) in [5, 5.41) is 9.93. The van der Waals surface area contributed by atoms with Gasteiger partial charge in [0.05, 0.1) is 10.6 Å². The third kappa shape index (κ3) is 2.50. The normalized spacial score (nSPS) is 36.5. The van der Waals surface area contributed by atoms with Gasteiger partial charge >= 0.3 is 0 Å². The Morgan fingerprint density at radius 1 is 1.17 bits per heavy atom. The van der Waals surface area contributed by atoms with Crippen LogP contribution in [-0.4, -0.2) is 0 Å². The molecule has 0 radical (unpaired) electrons. The standard InChI is InChI=1S/C20H24ClN.C2H6/c1-12-3-8-18-16-6-7-17-14(5-4-13(11-22)19(17)21)15(16)9-10-20(12,18)2;1-2/h4-5,12,15-16,18H,3,6-10H2,1-2H3;1-2H3/t12-,15?,16?,18?,20+;/m0./s1.